The third-order valence-electron chi connectivity index (χ3n) is 7.38. The van der Waals surface area contributed by atoms with Crippen LogP contribution in [-0.4, -0.2) is 39.5 Å². The van der Waals surface area contributed by atoms with E-state index in [1.54, 1.807) is 17.0 Å². The van der Waals surface area contributed by atoms with Crippen LogP contribution >= 0.6 is 0 Å². The molecule has 0 radical (unpaired) electrons. The predicted octanol–water partition coefficient (Wildman–Crippen LogP) is 5.83. The standard InChI is InChI=1S/C31H21N7O2/c1-18-24-25(20-9-7-15-32-16-20)26-29-34-28(23-14-13-19-8-5-6-12-22(19)27(23)39)36-37(29)17-33-30(26)40-31(24)38(35-18)21-10-3-2-4-11-21/h2-17,25,39H,1H3/t25-/m1/s1. The van der Waals surface area contributed by atoms with Crippen LogP contribution in [0.2, 0.25) is 0 Å². The molecule has 0 amide bonds. The number of phenolic OH excluding ortho intramolecular Hbond substituents is 1. The van der Waals surface area contributed by atoms with E-state index in [1.165, 1.54) is 0 Å². The van der Waals surface area contributed by atoms with Gasteiger partial charge in [0.25, 0.3) is 0 Å². The number of hydrogen-bond acceptors (Lipinski definition) is 7. The van der Waals surface area contributed by atoms with Crippen LogP contribution in [0.25, 0.3) is 33.5 Å². The van der Waals surface area contributed by atoms with Gasteiger partial charge < -0.3 is 9.84 Å². The first kappa shape index (κ1) is 22.4. The number of para-hydroxylation sites is 1. The maximum atomic E-state index is 11.1. The lowest BCUT2D eigenvalue weighted by Crippen LogP contribution is -2.16. The van der Waals surface area contributed by atoms with Gasteiger partial charge in [-0.1, -0.05) is 54.6 Å². The predicted molar refractivity (Wildman–Crippen MR) is 149 cm³/mol. The number of nitrogens with zero attached hydrogens (tertiary/aromatic N) is 7. The van der Waals surface area contributed by atoms with Gasteiger partial charge in [-0.2, -0.15) is 5.10 Å². The molecule has 3 aromatic carbocycles. The van der Waals surface area contributed by atoms with Gasteiger partial charge in [-0.15, -0.1) is 5.10 Å². The maximum absolute atomic E-state index is 11.1. The maximum Gasteiger partial charge on any atom is 0.230 e. The number of fused-ring (bicyclic) bond motifs is 5. The van der Waals surface area contributed by atoms with E-state index in [-0.39, 0.29) is 11.7 Å². The Morgan fingerprint density at radius 1 is 0.875 bits per heavy atom. The van der Waals surface area contributed by atoms with E-state index in [0.717, 1.165) is 38.8 Å². The largest absolute Gasteiger partial charge is 0.507 e. The van der Waals surface area contributed by atoms with Crippen molar-refractivity contribution in [2.24, 2.45) is 0 Å². The Morgan fingerprint density at radius 2 is 1.73 bits per heavy atom. The van der Waals surface area contributed by atoms with Crippen molar-refractivity contribution in [2.45, 2.75) is 12.8 Å². The lowest BCUT2D eigenvalue weighted by molar-refractivity contribution is 0.402. The smallest absolute Gasteiger partial charge is 0.230 e. The quantitative estimate of drug-likeness (QED) is 0.311. The molecule has 0 aliphatic carbocycles. The second kappa shape index (κ2) is 8.47. The van der Waals surface area contributed by atoms with Gasteiger partial charge in [0, 0.05) is 17.8 Å². The summed E-state index contributed by atoms with van der Waals surface area (Å²) in [5.41, 5.74) is 5.47. The van der Waals surface area contributed by atoms with Gasteiger partial charge in [0.05, 0.1) is 34.0 Å². The highest BCUT2D eigenvalue weighted by molar-refractivity contribution is 5.93. The average Bonchev–Trinajstić information content (AvgIpc) is 3.58. The van der Waals surface area contributed by atoms with Crippen LogP contribution in [0.5, 0.6) is 17.5 Å². The summed E-state index contributed by atoms with van der Waals surface area (Å²) < 4.78 is 9.93. The molecule has 1 N–H and O–H groups in total. The number of ether oxygens (including phenoxy) is 1. The average molecular weight is 524 g/mol. The van der Waals surface area contributed by atoms with Crippen molar-refractivity contribution in [1.29, 1.82) is 0 Å². The van der Waals surface area contributed by atoms with Crippen LogP contribution in [0.3, 0.4) is 0 Å². The molecule has 192 valence electrons. The first-order valence-corrected chi connectivity index (χ1v) is 12.9. The zero-order valence-electron chi connectivity index (χ0n) is 21.3. The summed E-state index contributed by atoms with van der Waals surface area (Å²) in [4.78, 5) is 14.0. The molecule has 1 aliphatic heterocycles. The van der Waals surface area contributed by atoms with Crippen molar-refractivity contribution in [1.82, 2.24) is 34.3 Å². The second-order valence-corrected chi connectivity index (χ2v) is 9.72. The number of pyridine rings is 1. The van der Waals surface area contributed by atoms with Crippen LogP contribution in [0.15, 0.2) is 97.6 Å². The Morgan fingerprint density at radius 3 is 2.58 bits per heavy atom. The second-order valence-electron chi connectivity index (χ2n) is 9.72. The fraction of sp³-hybridized carbons (Fsp3) is 0.0645. The van der Waals surface area contributed by atoms with Crippen LogP contribution in [0.1, 0.15) is 28.3 Å². The van der Waals surface area contributed by atoms with Crippen molar-refractivity contribution in [3.05, 3.63) is 120 Å². The molecule has 1 aliphatic rings. The van der Waals surface area contributed by atoms with Crippen molar-refractivity contribution in [2.75, 3.05) is 0 Å². The summed E-state index contributed by atoms with van der Waals surface area (Å²) in [6.45, 7) is 1.98. The van der Waals surface area contributed by atoms with Crippen LogP contribution in [0.4, 0.5) is 0 Å². The van der Waals surface area contributed by atoms with E-state index in [2.05, 4.69) is 9.97 Å². The monoisotopic (exact) mass is 523 g/mol. The van der Waals surface area contributed by atoms with Gasteiger partial charge in [-0.05, 0) is 42.1 Å². The SMILES string of the molecule is Cc1nn(-c2ccccc2)c2c1[C@@H](c1cccnc1)c1c(ncn3nc(-c4ccc5ccccc5c4O)nc13)O2. The molecule has 8 rings (SSSR count). The number of benzene rings is 3. The summed E-state index contributed by atoms with van der Waals surface area (Å²) in [5, 5.41) is 22.4. The van der Waals surface area contributed by atoms with Gasteiger partial charge in [-0.25, -0.2) is 19.2 Å². The first-order valence-electron chi connectivity index (χ1n) is 12.9. The number of phenols is 1. The molecule has 0 saturated carbocycles. The first-order chi connectivity index (χ1) is 19.7. The lowest BCUT2D eigenvalue weighted by atomic mass is 9.85. The molecule has 9 heteroatoms. The van der Waals surface area contributed by atoms with E-state index < -0.39 is 0 Å². The Labute approximate surface area is 228 Å². The van der Waals surface area contributed by atoms with Crippen molar-refractivity contribution < 1.29 is 9.84 Å². The summed E-state index contributed by atoms with van der Waals surface area (Å²) in [7, 11) is 0. The summed E-state index contributed by atoms with van der Waals surface area (Å²) in [6.07, 6.45) is 5.18. The molecular weight excluding hydrogens is 502 g/mol. The molecule has 0 saturated heterocycles. The molecule has 7 aromatic rings. The van der Waals surface area contributed by atoms with Gasteiger partial charge in [0.15, 0.2) is 11.5 Å². The van der Waals surface area contributed by atoms with Gasteiger partial charge in [0.2, 0.25) is 11.8 Å². The zero-order valence-corrected chi connectivity index (χ0v) is 21.3. The number of hydrogen-bond donors (Lipinski definition) is 1. The Balaban J connectivity index is 1.37. The molecule has 0 spiro atoms. The fourth-order valence-electron chi connectivity index (χ4n) is 5.55. The molecule has 1 atom stereocenters. The molecule has 0 bridgehead atoms. The third kappa shape index (κ3) is 3.24. The minimum atomic E-state index is -0.302. The van der Waals surface area contributed by atoms with E-state index in [1.807, 2.05) is 96.7 Å². The van der Waals surface area contributed by atoms with Crippen LogP contribution in [0, 0.1) is 6.92 Å². The summed E-state index contributed by atoms with van der Waals surface area (Å²) in [5.74, 6) is 1.26. The topological polar surface area (TPSA) is 103 Å². The molecule has 5 heterocycles. The summed E-state index contributed by atoms with van der Waals surface area (Å²) in [6, 6.07) is 25.3. The Bertz CT molecular complexity index is 2070. The molecule has 0 unspecified atom stereocenters. The van der Waals surface area contributed by atoms with Gasteiger partial charge >= 0.3 is 0 Å². The minimum Gasteiger partial charge on any atom is -0.507 e. The number of aryl methyl sites for hydroxylation is 1. The van der Waals surface area contributed by atoms with Crippen LogP contribution < -0.4 is 4.74 Å². The molecule has 9 nitrogen and oxygen atoms in total. The summed E-state index contributed by atoms with van der Waals surface area (Å²) >= 11 is 0. The van der Waals surface area contributed by atoms with Gasteiger partial charge in [0.1, 0.15) is 12.1 Å². The minimum absolute atomic E-state index is 0.137. The zero-order chi connectivity index (χ0) is 26.8. The van der Waals surface area contributed by atoms with Crippen molar-refractivity contribution >= 4 is 16.4 Å². The van der Waals surface area contributed by atoms with Crippen LogP contribution in [-0.2, 0) is 0 Å². The highest BCUT2D eigenvalue weighted by atomic mass is 16.5. The number of rotatable bonds is 3. The lowest BCUT2D eigenvalue weighted by Gasteiger charge is -2.26. The van der Waals surface area contributed by atoms with E-state index >= 15 is 0 Å². The highest BCUT2D eigenvalue weighted by Gasteiger charge is 2.38. The van der Waals surface area contributed by atoms with Gasteiger partial charge in [-0.3, -0.25) is 4.98 Å². The molecule has 40 heavy (non-hydrogen) atoms. The van der Waals surface area contributed by atoms with E-state index in [4.69, 9.17) is 19.9 Å². The Hall–Kier alpha value is -5.57. The highest BCUT2D eigenvalue weighted by Crippen LogP contribution is 2.49. The Kier molecular flexibility index (Phi) is 4.75. The van der Waals surface area contributed by atoms with E-state index in [0.29, 0.717) is 28.8 Å². The third-order valence-corrected chi connectivity index (χ3v) is 7.38. The number of aromatic nitrogens is 7. The molecular formula is C31H21N7O2. The molecule has 4 aromatic heterocycles. The van der Waals surface area contributed by atoms with Crippen molar-refractivity contribution in [3.8, 4) is 34.6 Å². The van der Waals surface area contributed by atoms with E-state index in [9.17, 15) is 5.11 Å². The fourth-order valence-corrected chi connectivity index (χ4v) is 5.55. The van der Waals surface area contributed by atoms with Crippen molar-refractivity contribution in [3.63, 3.8) is 0 Å². The molecule has 0 fully saturated rings. The normalized spacial score (nSPS) is 14.2. The number of aromatic hydroxyl groups is 1.